The van der Waals surface area contributed by atoms with Crippen molar-refractivity contribution in [3.8, 4) is 0 Å². The zero-order chi connectivity index (χ0) is 11.2. The van der Waals surface area contributed by atoms with Crippen LogP contribution < -0.4 is 10.8 Å². The summed E-state index contributed by atoms with van der Waals surface area (Å²) in [6, 6.07) is -1.01. The molecule has 6 N–H and O–H groups in total. The predicted octanol–water partition coefficient (Wildman–Crippen LogP) is -0.633. The fourth-order valence-corrected chi connectivity index (χ4v) is 1.97. The van der Waals surface area contributed by atoms with Crippen LogP contribution in [0.5, 0.6) is 0 Å². The summed E-state index contributed by atoms with van der Waals surface area (Å²) < 4.78 is 0. The normalized spacial score (nSPS) is 13.9. The first-order chi connectivity index (χ1) is 6.37. The van der Waals surface area contributed by atoms with Gasteiger partial charge in [-0.25, -0.2) is 5.09 Å². The number of unbranched alkanes of at least 4 members (excludes halogenated alkanes) is 1. The zero-order valence-electron chi connectivity index (χ0n) is 7.59. The Hall–Kier alpha value is -0.0400. The number of nitrogens with two attached hydrogens (primary N) is 1. The second-order valence-electron chi connectivity index (χ2n) is 2.85. The summed E-state index contributed by atoms with van der Waals surface area (Å²) in [7, 11) is 0. The van der Waals surface area contributed by atoms with Gasteiger partial charge in [0.25, 0.3) is 6.64 Å². The van der Waals surface area contributed by atoms with Crippen molar-refractivity contribution >= 4 is 24.4 Å². The molecule has 0 fully saturated rings. The minimum absolute atomic E-state index is 0.284. The smallest absolute Gasteiger partial charge is 0.321 e. The van der Waals surface area contributed by atoms with Crippen molar-refractivity contribution < 1.29 is 19.7 Å². The summed E-state index contributed by atoms with van der Waals surface area (Å²) >= 11 is 4.28. The molecule has 0 aliphatic carbocycles. The molecule has 0 saturated heterocycles. The standard InChI is InChI=1S/C6H15N2O4PS/c7-4-2-1-3-5(6(9)10)8-13(11,12)14/h5H,1-4,7H2,(H,9,10)(H3,8,11,12,14)/t5-/m0/s1. The van der Waals surface area contributed by atoms with Crippen molar-refractivity contribution in [2.75, 3.05) is 6.54 Å². The molecule has 0 aromatic rings. The quantitative estimate of drug-likeness (QED) is 0.298. The number of nitrogens with one attached hydrogen (secondary N) is 1. The average Bonchev–Trinajstić information content (AvgIpc) is 2.00. The lowest BCUT2D eigenvalue weighted by Gasteiger charge is -2.16. The van der Waals surface area contributed by atoms with Gasteiger partial charge in [0.1, 0.15) is 6.04 Å². The highest BCUT2D eigenvalue weighted by Gasteiger charge is 2.22. The molecule has 1 atom stereocenters. The number of hydrogen-bond acceptors (Lipinski definition) is 3. The van der Waals surface area contributed by atoms with Gasteiger partial charge in [-0.2, -0.15) is 0 Å². The van der Waals surface area contributed by atoms with Crippen LogP contribution in [0.3, 0.4) is 0 Å². The second-order valence-corrected chi connectivity index (χ2v) is 5.72. The third kappa shape index (κ3) is 7.37. The van der Waals surface area contributed by atoms with Gasteiger partial charge in [0.2, 0.25) is 0 Å². The Balaban J connectivity index is 4.04. The van der Waals surface area contributed by atoms with Crippen molar-refractivity contribution in [2.24, 2.45) is 5.73 Å². The maximum Gasteiger partial charge on any atom is 0.321 e. The summed E-state index contributed by atoms with van der Waals surface area (Å²) in [6.07, 6.45) is 1.59. The predicted molar refractivity (Wildman–Crippen MR) is 56.2 cm³/mol. The maximum absolute atomic E-state index is 10.6. The lowest BCUT2D eigenvalue weighted by molar-refractivity contribution is -0.139. The van der Waals surface area contributed by atoms with Crippen molar-refractivity contribution in [3.63, 3.8) is 0 Å². The third-order valence-corrected chi connectivity index (χ3v) is 2.53. The molecule has 0 heterocycles. The fraction of sp³-hybridized carbons (Fsp3) is 0.833. The van der Waals surface area contributed by atoms with Gasteiger partial charge in [0.15, 0.2) is 0 Å². The Morgan fingerprint density at radius 1 is 1.50 bits per heavy atom. The molecule has 0 bridgehead atoms. The molecule has 0 unspecified atom stereocenters. The Kier molecular flexibility index (Phi) is 6.43. The molecule has 14 heavy (non-hydrogen) atoms. The van der Waals surface area contributed by atoms with E-state index in [0.717, 1.165) is 0 Å². The first kappa shape index (κ1) is 14.0. The molecule has 0 saturated carbocycles. The average molecular weight is 242 g/mol. The van der Waals surface area contributed by atoms with E-state index in [0.29, 0.717) is 19.4 Å². The lowest BCUT2D eigenvalue weighted by Crippen LogP contribution is -2.34. The Morgan fingerprint density at radius 3 is 2.43 bits per heavy atom. The monoisotopic (exact) mass is 242 g/mol. The van der Waals surface area contributed by atoms with Crippen LogP contribution in [-0.2, 0) is 16.6 Å². The van der Waals surface area contributed by atoms with Gasteiger partial charge in [-0.15, -0.1) is 0 Å². The van der Waals surface area contributed by atoms with E-state index in [2.05, 4.69) is 16.9 Å². The van der Waals surface area contributed by atoms with E-state index in [1.807, 2.05) is 0 Å². The molecule has 84 valence electrons. The topological polar surface area (TPSA) is 116 Å². The van der Waals surface area contributed by atoms with Crippen LogP contribution in [0.1, 0.15) is 19.3 Å². The fourth-order valence-electron chi connectivity index (χ4n) is 0.939. The number of carboxylic acids is 1. The summed E-state index contributed by atoms with van der Waals surface area (Å²) in [4.78, 5) is 28.4. The number of rotatable bonds is 7. The maximum atomic E-state index is 10.6. The van der Waals surface area contributed by atoms with Crippen LogP contribution >= 0.6 is 6.64 Å². The number of carbonyl (C=O) groups is 1. The highest BCUT2D eigenvalue weighted by atomic mass is 32.5. The molecular weight excluding hydrogens is 227 g/mol. The highest BCUT2D eigenvalue weighted by molar-refractivity contribution is 8.08. The Bertz CT molecular complexity index is 232. The van der Waals surface area contributed by atoms with Gasteiger partial charge >= 0.3 is 5.97 Å². The second kappa shape index (κ2) is 6.44. The SMILES string of the molecule is NCCCC[C@H](NP(O)(O)=S)C(=O)O. The van der Waals surface area contributed by atoms with Crippen molar-refractivity contribution in [2.45, 2.75) is 25.3 Å². The van der Waals surface area contributed by atoms with Crippen molar-refractivity contribution in [1.82, 2.24) is 5.09 Å². The molecule has 0 amide bonds. The van der Waals surface area contributed by atoms with Crippen LogP contribution in [0.25, 0.3) is 0 Å². The molecule has 8 heteroatoms. The zero-order valence-corrected chi connectivity index (χ0v) is 9.30. The van der Waals surface area contributed by atoms with Gasteiger partial charge in [-0.3, -0.25) is 4.79 Å². The molecule has 0 spiro atoms. The molecular formula is C6H15N2O4PS. The van der Waals surface area contributed by atoms with E-state index in [-0.39, 0.29) is 6.42 Å². The molecule has 0 rings (SSSR count). The molecule has 6 nitrogen and oxygen atoms in total. The first-order valence-electron chi connectivity index (χ1n) is 4.13. The third-order valence-electron chi connectivity index (χ3n) is 1.57. The van der Waals surface area contributed by atoms with Crippen LogP contribution in [0.2, 0.25) is 0 Å². The molecule has 0 radical (unpaired) electrons. The molecule has 0 aliphatic heterocycles. The van der Waals surface area contributed by atoms with Gasteiger partial charge in [-0.05, 0) is 31.2 Å². The van der Waals surface area contributed by atoms with Crippen LogP contribution in [0.15, 0.2) is 0 Å². The van der Waals surface area contributed by atoms with E-state index in [9.17, 15) is 4.79 Å². The minimum Gasteiger partial charge on any atom is -0.480 e. The minimum atomic E-state index is -3.65. The Labute approximate surface area is 87.3 Å². The number of carboxylic acid groups (broad SMARTS) is 1. The van der Waals surface area contributed by atoms with E-state index < -0.39 is 18.7 Å². The molecule has 0 aliphatic rings. The first-order valence-corrected chi connectivity index (χ1v) is 6.84. The van der Waals surface area contributed by atoms with Gasteiger partial charge in [-0.1, -0.05) is 6.42 Å². The number of aliphatic carboxylic acids is 1. The van der Waals surface area contributed by atoms with E-state index in [4.69, 9.17) is 20.6 Å². The van der Waals surface area contributed by atoms with Gasteiger partial charge in [0.05, 0.1) is 0 Å². The summed E-state index contributed by atoms with van der Waals surface area (Å²) in [5.74, 6) is -1.14. The van der Waals surface area contributed by atoms with Crippen LogP contribution in [0, 0.1) is 0 Å². The van der Waals surface area contributed by atoms with Crippen LogP contribution in [0.4, 0.5) is 0 Å². The summed E-state index contributed by atoms with van der Waals surface area (Å²) in [5.41, 5.74) is 5.24. The van der Waals surface area contributed by atoms with Crippen molar-refractivity contribution in [3.05, 3.63) is 0 Å². The summed E-state index contributed by atoms with van der Waals surface area (Å²) in [5, 5.41) is 10.8. The van der Waals surface area contributed by atoms with E-state index >= 15 is 0 Å². The largest absolute Gasteiger partial charge is 0.480 e. The molecule has 0 aromatic carbocycles. The van der Waals surface area contributed by atoms with E-state index in [1.165, 1.54) is 0 Å². The van der Waals surface area contributed by atoms with Crippen molar-refractivity contribution in [1.29, 1.82) is 0 Å². The highest BCUT2D eigenvalue weighted by Crippen LogP contribution is 2.30. The molecule has 0 aromatic heterocycles. The van der Waals surface area contributed by atoms with Gasteiger partial charge in [0, 0.05) is 0 Å². The van der Waals surface area contributed by atoms with E-state index in [1.54, 1.807) is 0 Å². The summed E-state index contributed by atoms with van der Waals surface area (Å²) in [6.45, 7) is -3.17. The van der Waals surface area contributed by atoms with Crippen LogP contribution in [-0.4, -0.2) is 33.4 Å². The Morgan fingerprint density at radius 2 is 2.07 bits per heavy atom. The lowest BCUT2D eigenvalue weighted by atomic mass is 10.1. The number of hydrogen-bond donors (Lipinski definition) is 5. The van der Waals surface area contributed by atoms with Gasteiger partial charge < -0.3 is 20.6 Å².